The van der Waals surface area contributed by atoms with Gasteiger partial charge in [-0.05, 0) is 0 Å². The number of hydrogen-bond acceptors (Lipinski definition) is 2. The third-order valence-corrected chi connectivity index (χ3v) is 6.11. The molecule has 0 bridgehead atoms. The molecule has 3 atom stereocenters. The van der Waals surface area contributed by atoms with Crippen molar-refractivity contribution in [2.45, 2.75) is 49.6 Å². The molecule has 1 N–H and O–H groups in total. The van der Waals surface area contributed by atoms with E-state index in [1.807, 2.05) is 0 Å². The Morgan fingerprint density at radius 1 is 1.33 bits per heavy atom. The van der Waals surface area contributed by atoms with Gasteiger partial charge in [0.15, 0.2) is 0 Å². The summed E-state index contributed by atoms with van der Waals surface area (Å²) in [4.78, 5) is 0.523. The molecule has 1 aromatic carbocycles. The van der Waals surface area contributed by atoms with Crippen molar-refractivity contribution < 1.29 is 9.84 Å². The van der Waals surface area contributed by atoms with E-state index in [-0.39, 0.29) is 6.10 Å². The van der Waals surface area contributed by atoms with Crippen LogP contribution in [0.4, 0.5) is 0 Å². The topological polar surface area (TPSA) is 29.5 Å². The van der Waals surface area contributed by atoms with E-state index >= 15 is 0 Å². The Kier molecular flexibility index (Phi) is 5.71. The van der Waals surface area contributed by atoms with Crippen LogP contribution in [0.5, 0.6) is 0 Å². The standard InChI is InChI=1S/C15H22O2Se/c1-2-3-9-14-15(10-12(16)11-17-14)18-13-7-5-4-6-8-13/h4-8,12,14-16H,2-3,9-11H2,1H3/t12-,14+,15-/m1/s1. The first-order valence-electron chi connectivity index (χ1n) is 6.81. The fraction of sp³-hybridized carbons (Fsp3) is 0.600. The number of unbranched alkanes of at least 4 members (excludes halogenated alkanes) is 1. The zero-order valence-corrected chi connectivity index (χ0v) is 12.6. The first kappa shape index (κ1) is 14.1. The Hall–Kier alpha value is -0.341. The van der Waals surface area contributed by atoms with Gasteiger partial charge in [-0.15, -0.1) is 0 Å². The first-order valence-corrected chi connectivity index (χ1v) is 8.65. The maximum absolute atomic E-state index is 9.79. The van der Waals surface area contributed by atoms with Gasteiger partial charge in [0, 0.05) is 0 Å². The Labute approximate surface area is 116 Å². The summed E-state index contributed by atoms with van der Waals surface area (Å²) in [6.07, 6.45) is 4.58. The molecule has 18 heavy (non-hydrogen) atoms. The number of hydrogen-bond donors (Lipinski definition) is 1. The predicted octanol–water partition coefficient (Wildman–Crippen LogP) is 2.14. The van der Waals surface area contributed by atoms with Crippen LogP contribution in [0.25, 0.3) is 0 Å². The summed E-state index contributed by atoms with van der Waals surface area (Å²) in [7, 11) is 0. The van der Waals surface area contributed by atoms with Gasteiger partial charge in [0.05, 0.1) is 0 Å². The van der Waals surface area contributed by atoms with Crippen molar-refractivity contribution in [1.82, 2.24) is 0 Å². The molecule has 2 nitrogen and oxygen atoms in total. The number of ether oxygens (including phenoxy) is 1. The number of aliphatic hydroxyl groups excluding tert-OH is 1. The fourth-order valence-electron chi connectivity index (χ4n) is 2.30. The van der Waals surface area contributed by atoms with Crippen molar-refractivity contribution in [1.29, 1.82) is 0 Å². The molecule has 1 aliphatic rings. The van der Waals surface area contributed by atoms with Gasteiger partial charge in [-0.3, -0.25) is 0 Å². The van der Waals surface area contributed by atoms with Crippen LogP contribution in [0.3, 0.4) is 0 Å². The summed E-state index contributed by atoms with van der Waals surface area (Å²) < 4.78 is 7.25. The van der Waals surface area contributed by atoms with Crippen molar-refractivity contribution in [3.05, 3.63) is 30.3 Å². The Morgan fingerprint density at radius 2 is 2.11 bits per heavy atom. The number of aliphatic hydroxyl groups is 1. The van der Waals surface area contributed by atoms with Crippen molar-refractivity contribution in [3.8, 4) is 0 Å². The molecule has 1 saturated heterocycles. The summed E-state index contributed by atoms with van der Waals surface area (Å²) in [6.45, 7) is 2.74. The fourth-order valence-corrected chi connectivity index (χ4v) is 5.13. The molecular weight excluding hydrogens is 291 g/mol. The molecule has 0 aromatic heterocycles. The minimum atomic E-state index is -0.265. The second-order valence-corrected chi connectivity index (χ2v) is 7.63. The van der Waals surface area contributed by atoms with Gasteiger partial charge in [-0.2, -0.15) is 0 Å². The van der Waals surface area contributed by atoms with Crippen LogP contribution in [-0.4, -0.2) is 38.9 Å². The van der Waals surface area contributed by atoms with Gasteiger partial charge in [-0.1, -0.05) is 0 Å². The molecule has 0 saturated carbocycles. The van der Waals surface area contributed by atoms with Gasteiger partial charge < -0.3 is 0 Å². The minimum absolute atomic E-state index is 0.265. The molecular formula is C15H22O2Se. The Morgan fingerprint density at radius 3 is 2.83 bits per heavy atom. The number of benzene rings is 1. The molecule has 1 aromatic rings. The molecule has 0 radical (unpaired) electrons. The average Bonchev–Trinajstić information content (AvgIpc) is 2.39. The van der Waals surface area contributed by atoms with E-state index < -0.39 is 0 Å². The van der Waals surface area contributed by atoms with Gasteiger partial charge >= 0.3 is 116 Å². The third-order valence-electron chi connectivity index (χ3n) is 3.29. The van der Waals surface area contributed by atoms with Crippen molar-refractivity contribution in [2.75, 3.05) is 6.61 Å². The van der Waals surface area contributed by atoms with Crippen LogP contribution in [0.1, 0.15) is 32.6 Å². The molecule has 100 valence electrons. The maximum atomic E-state index is 9.79. The third kappa shape index (κ3) is 4.10. The van der Waals surface area contributed by atoms with Crippen LogP contribution >= 0.6 is 0 Å². The van der Waals surface area contributed by atoms with E-state index in [0.717, 1.165) is 12.8 Å². The Bertz CT molecular complexity index is 340. The second-order valence-electron chi connectivity index (χ2n) is 4.87. The van der Waals surface area contributed by atoms with Crippen molar-refractivity contribution >= 4 is 19.4 Å². The van der Waals surface area contributed by atoms with Crippen molar-refractivity contribution in [2.24, 2.45) is 0 Å². The normalized spacial score (nSPS) is 28.2. The summed E-state index contributed by atoms with van der Waals surface area (Å²) in [5.74, 6) is 0. The summed E-state index contributed by atoms with van der Waals surface area (Å²) in [5, 5.41) is 9.79. The molecule has 2 rings (SSSR count). The van der Waals surface area contributed by atoms with Crippen LogP contribution in [0, 0.1) is 0 Å². The average molecular weight is 313 g/mol. The molecule has 1 aliphatic heterocycles. The zero-order valence-electron chi connectivity index (χ0n) is 10.9. The van der Waals surface area contributed by atoms with E-state index in [4.69, 9.17) is 4.74 Å². The zero-order chi connectivity index (χ0) is 12.8. The van der Waals surface area contributed by atoms with E-state index in [0.29, 0.717) is 32.5 Å². The summed E-state index contributed by atoms with van der Waals surface area (Å²) in [6, 6.07) is 10.6. The van der Waals surface area contributed by atoms with E-state index in [9.17, 15) is 5.11 Å². The van der Waals surface area contributed by atoms with Gasteiger partial charge in [-0.25, -0.2) is 0 Å². The molecule has 3 heteroatoms. The van der Waals surface area contributed by atoms with Crippen LogP contribution in [-0.2, 0) is 4.74 Å². The quantitative estimate of drug-likeness (QED) is 0.844. The van der Waals surface area contributed by atoms with Crippen LogP contribution in [0.15, 0.2) is 30.3 Å². The molecule has 1 heterocycles. The molecule has 0 unspecified atom stereocenters. The molecule has 0 aliphatic carbocycles. The van der Waals surface area contributed by atoms with E-state index in [2.05, 4.69) is 37.3 Å². The first-order chi connectivity index (χ1) is 8.79. The molecule has 0 spiro atoms. The molecule has 1 fully saturated rings. The van der Waals surface area contributed by atoms with Gasteiger partial charge in [0.2, 0.25) is 0 Å². The summed E-state index contributed by atoms with van der Waals surface area (Å²) in [5.41, 5.74) is 0. The van der Waals surface area contributed by atoms with Gasteiger partial charge in [0.1, 0.15) is 0 Å². The van der Waals surface area contributed by atoms with Gasteiger partial charge in [0.25, 0.3) is 0 Å². The van der Waals surface area contributed by atoms with E-state index in [1.54, 1.807) is 0 Å². The van der Waals surface area contributed by atoms with E-state index in [1.165, 1.54) is 17.3 Å². The Balaban J connectivity index is 1.96. The number of rotatable bonds is 5. The predicted molar refractivity (Wildman–Crippen MR) is 75.5 cm³/mol. The summed E-state index contributed by atoms with van der Waals surface area (Å²) >= 11 is 0.404. The second kappa shape index (κ2) is 7.30. The van der Waals surface area contributed by atoms with Crippen molar-refractivity contribution in [3.63, 3.8) is 0 Å². The SMILES string of the molecule is CCCC[C@@H]1OC[C@H](O)C[C@H]1[Se]c1ccccc1. The molecule has 0 amide bonds. The van der Waals surface area contributed by atoms with Crippen LogP contribution < -0.4 is 4.46 Å². The van der Waals surface area contributed by atoms with Crippen LogP contribution in [0.2, 0.25) is 4.82 Å². The monoisotopic (exact) mass is 314 g/mol.